The fourth-order valence-electron chi connectivity index (χ4n) is 2.12. The lowest BCUT2D eigenvalue weighted by Crippen LogP contribution is -2.48. The highest BCUT2D eigenvalue weighted by molar-refractivity contribution is 5.78. The van der Waals surface area contributed by atoms with Gasteiger partial charge in [-0.1, -0.05) is 6.42 Å². The molecule has 0 aromatic carbocycles. The molecule has 1 aliphatic rings. The smallest absolute Gasteiger partial charge is 0.236 e. The Balaban J connectivity index is 2.43. The quantitative estimate of drug-likeness (QED) is 0.697. The Hall–Kier alpha value is -0.610. The zero-order valence-electron chi connectivity index (χ0n) is 10.5. The third-order valence-electron chi connectivity index (χ3n) is 3.43. The predicted octanol–water partition coefficient (Wildman–Crippen LogP) is 0.702. The highest BCUT2D eigenvalue weighted by Gasteiger charge is 2.26. The number of aliphatic hydroxyl groups excluding tert-OH is 1. The van der Waals surface area contributed by atoms with E-state index >= 15 is 0 Å². The van der Waals surface area contributed by atoms with E-state index in [1.165, 1.54) is 19.3 Å². The fraction of sp³-hybridized carbons (Fsp3) is 0.917. The van der Waals surface area contributed by atoms with Crippen molar-refractivity contribution in [3.8, 4) is 0 Å². The summed E-state index contributed by atoms with van der Waals surface area (Å²) in [5.74, 6) is 0.186. The summed E-state index contributed by atoms with van der Waals surface area (Å²) in [6.07, 6.45) is 3.60. The highest BCUT2D eigenvalue weighted by Crippen LogP contribution is 2.24. The van der Waals surface area contributed by atoms with Crippen LogP contribution in [0.15, 0.2) is 0 Å². The van der Waals surface area contributed by atoms with Gasteiger partial charge >= 0.3 is 0 Å². The van der Waals surface area contributed by atoms with Gasteiger partial charge in [0.1, 0.15) is 0 Å². The lowest BCUT2D eigenvalue weighted by molar-refractivity contribution is -0.133. The maximum Gasteiger partial charge on any atom is 0.236 e. The highest BCUT2D eigenvalue weighted by atomic mass is 16.3. The van der Waals surface area contributed by atoms with Gasteiger partial charge in [-0.25, -0.2) is 0 Å². The minimum atomic E-state index is 0.141. The normalized spacial score (nSPS) is 16.2. The van der Waals surface area contributed by atoms with Gasteiger partial charge in [0.15, 0.2) is 0 Å². The second-order valence-corrected chi connectivity index (χ2v) is 4.34. The van der Waals surface area contributed by atoms with Crippen LogP contribution < -0.4 is 0 Å². The molecular formula is C12H24N2O2. The Kier molecular flexibility index (Phi) is 5.77. The molecule has 1 rings (SSSR count). The van der Waals surface area contributed by atoms with E-state index < -0.39 is 0 Å². The topological polar surface area (TPSA) is 43.8 Å². The largest absolute Gasteiger partial charge is 0.395 e. The Bertz CT molecular complexity index is 213. The summed E-state index contributed by atoms with van der Waals surface area (Å²) in [5.41, 5.74) is 0. The Morgan fingerprint density at radius 1 is 1.31 bits per heavy atom. The summed E-state index contributed by atoms with van der Waals surface area (Å²) >= 11 is 0. The zero-order valence-corrected chi connectivity index (χ0v) is 10.5. The summed E-state index contributed by atoms with van der Waals surface area (Å²) in [6.45, 7) is 6.77. The number of aliphatic hydroxyl groups is 1. The van der Waals surface area contributed by atoms with Gasteiger partial charge < -0.3 is 10.0 Å². The van der Waals surface area contributed by atoms with Crippen LogP contribution in [0.1, 0.15) is 33.1 Å². The third-order valence-corrected chi connectivity index (χ3v) is 3.43. The molecule has 16 heavy (non-hydrogen) atoms. The van der Waals surface area contributed by atoms with Crippen LogP contribution >= 0.6 is 0 Å². The molecule has 0 unspecified atom stereocenters. The second kappa shape index (κ2) is 6.86. The molecule has 0 aromatic rings. The monoisotopic (exact) mass is 228 g/mol. The summed E-state index contributed by atoms with van der Waals surface area (Å²) in [7, 11) is 0. The van der Waals surface area contributed by atoms with E-state index in [9.17, 15) is 4.79 Å². The second-order valence-electron chi connectivity index (χ2n) is 4.34. The third kappa shape index (κ3) is 3.46. The van der Waals surface area contributed by atoms with E-state index in [0.29, 0.717) is 19.1 Å². The van der Waals surface area contributed by atoms with Gasteiger partial charge in [0.2, 0.25) is 5.91 Å². The predicted molar refractivity (Wildman–Crippen MR) is 64.2 cm³/mol. The van der Waals surface area contributed by atoms with Gasteiger partial charge in [0, 0.05) is 25.7 Å². The molecule has 1 fully saturated rings. The molecular weight excluding hydrogens is 204 g/mol. The van der Waals surface area contributed by atoms with E-state index in [0.717, 1.165) is 13.1 Å². The van der Waals surface area contributed by atoms with Crippen LogP contribution in [0, 0.1) is 0 Å². The Morgan fingerprint density at radius 2 is 1.94 bits per heavy atom. The van der Waals surface area contributed by atoms with Gasteiger partial charge in [0.05, 0.1) is 13.2 Å². The number of hydrogen-bond acceptors (Lipinski definition) is 3. The van der Waals surface area contributed by atoms with Gasteiger partial charge in [-0.15, -0.1) is 0 Å². The molecule has 0 spiro atoms. The van der Waals surface area contributed by atoms with Crippen molar-refractivity contribution in [1.29, 1.82) is 0 Å². The maximum atomic E-state index is 11.9. The molecule has 0 bridgehead atoms. The van der Waals surface area contributed by atoms with Crippen LogP contribution in [-0.4, -0.2) is 59.6 Å². The standard InChI is InChI=1S/C12H24N2O2/c1-3-13(4-2)12(16)10-14(8-9-15)11-6-5-7-11/h11,15H,3-10H2,1-2H3. The van der Waals surface area contributed by atoms with Crippen molar-refractivity contribution < 1.29 is 9.90 Å². The van der Waals surface area contributed by atoms with Crippen molar-refractivity contribution in [3.63, 3.8) is 0 Å². The number of hydrogen-bond donors (Lipinski definition) is 1. The van der Waals surface area contributed by atoms with Crippen molar-refractivity contribution in [2.45, 2.75) is 39.2 Å². The van der Waals surface area contributed by atoms with Crippen molar-refractivity contribution in [1.82, 2.24) is 9.80 Å². The fourth-order valence-corrected chi connectivity index (χ4v) is 2.12. The van der Waals surface area contributed by atoms with Crippen LogP contribution in [0.25, 0.3) is 0 Å². The van der Waals surface area contributed by atoms with Crippen molar-refractivity contribution in [3.05, 3.63) is 0 Å². The average molecular weight is 228 g/mol. The van der Waals surface area contributed by atoms with Crippen molar-refractivity contribution in [2.75, 3.05) is 32.8 Å². The molecule has 1 saturated carbocycles. The minimum absolute atomic E-state index is 0.141. The van der Waals surface area contributed by atoms with Gasteiger partial charge in [-0.3, -0.25) is 9.69 Å². The van der Waals surface area contributed by atoms with Crippen LogP contribution in [0.2, 0.25) is 0 Å². The summed E-state index contributed by atoms with van der Waals surface area (Å²) < 4.78 is 0. The first kappa shape index (κ1) is 13.5. The van der Waals surface area contributed by atoms with E-state index in [-0.39, 0.29) is 12.5 Å². The molecule has 4 nitrogen and oxygen atoms in total. The van der Waals surface area contributed by atoms with Crippen LogP contribution in [0.4, 0.5) is 0 Å². The minimum Gasteiger partial charge on any atom is -0.395 e. The molecule has 0 saturated heterocycles. The summed E-state index contributed by atoms with van der Waals surface area (Å²) in [5, 5.41) is 9.00. The first-order valence-electron chi connectivity index (χ1n) is 6.35. The molecule has 1 aliphatic carbocycles. The van der Waals surface area contributed by atoms with Gasteiger partial charge in [0.25, 0.3) is 0 Å². The van der Waals surface area contributed by atoms with Crippen LogP contribution in [-0.2, 0) is 4.79 Å². The Labute approximate surface area is 98.2 Å². The molecule has 0 atom stereocenters. The molecule has 1 N–H and O–H groups in total. The number of carbonyl (C=O) groups is 1. The first-order chi connectivity index (χ1) is 7.72. The van der Waals surface area contributed by atoms with Gasteiger partial charge in [-0.05, 0) is 26.7 Å². The van der Waals surface area contributed by atoms with Crippen molar-refractivity contribution >= 4 is 5.91 Å². The van der Waals surface area contributed by atoms with Crippen LogP contribution in [0.5, 0.6) is 0 Å². The number of rotatable bonds is 7. The maximum absolute atomic E-state index is 11.9. The summed E-state index contributed by atoms with van der Waals surface area (Å²) in [4.78, 5) is 15.9. The van der Waals surface area contributed by atoms with E-state index in [1.54, 1.807) is 0 Å². The molecule has 0 radical (unpaired) electrons. The van der Waals surface area contributed by atoms with E-state index in [2.05, 4.69) is 4.90 Å². The first-order valence-corrected chi connectivity index (χ1v) is 6.35. The number of likely N-dealkylation sites (N-methyl/N-ethyl adjacent to an activating group) is 1. The molecule has 1 amide bonds. The summed E-state index contributed by atoms with van der Waals surface area (Å²) in [6, 6.07) is 0.520. The Morgan fingerprint density at radius 3 is 2.31 bits per heavy atom. The molecule has 4 heteroatoms. The average Bonchev–Trinajstić information content (AvgIpc) is 2.17. The zero-order chi connectivity index (χ0) is 12.0. The molecule has 94 valence electrons. The van der Waals surface area contributed by atoms with Gasteiger partial charge in [-0.2, -0.15) is 0 Å². The lowest BCUT2D eigenvalue weighted by Gasteiger charge is -2.37. The number of nitrogens with zero attached hydrogens (tertiary/aromatic N) is 2. The van der Waals surface area contributed by atoms with E-state index in [1.807, 2.05) is 18.7 Å². The number of amides is 1. The molecule has 0 aromatic heterocycles. The van der Waals surface area contributed by atoms with E-state index in [4.69, 9.17) is 5.11 Å². The lowest BCUT2D eigenvalue weighted by atomic mass is 9.91. The van der Waals surface area contributed by atoms with Crippen molar-refractivity contribution in [2.24, 2.45) is 0 Å². The molecule has 0 aliphatic heterocycles. The van der Waals surface area contributed by atoms with Crippen LogP contribution in [0.3, 0.4) is 0 Å². The SMILES string of the molecule is CCN(CC)C(=O)CN(CCO)C1CCC1. The number of carbonyl (C=O) groups excluding carboxylic acids is 1. The molecule has 0 heterocycles.